The quantitative estimate of drug-likeness (QED) is 0.142. The van der Waals surface area contributed by atoms with Gasteiger partial charge in [-0.2, -0.15) is 0 Å². The summed E-state index contributed by atoms with van der Waals surface area (Å²) in [6, 6.07) is 114. The average molecular weight is 1430 g/mol. The number of nitrogens with zero attached hydrogens (tertiary/aromatic N) is 4. The Labute approximate surface area is 646 Å². The summed E-state index contributed by atoms with van der Waals surface area (Å²) >= 11 is 0. The number of benzene rings is 16. The fourth-order valence-electron chi connectivity index (χ4n) is 20.9. The molecule has 0 saturated heterocycles. The van der Waals surface area contributed by atoms with Crippen LogP contribution in [0, 0.1) is 27.7 Å². The standard InChI is InChI=1S/4C25H16BNO/c1-15-13-21-24-23(14-15)28-22-12-5-3-9-18(22)26(24)19-10-6-8-17-16-7-2-4-11-20(16)27(21)25(17)19;1-15-13-14-21-23-25(15)28-22-12-5-3-9-18(22)26(23)19-10-6-8-17-16-7-2-4-11-20(16)27(21)24(17)19;1-15-7-4-11-19-25(15)28-22-14-6-13-21-23(22)26(19)18-10-5-9-17-16-8-2-3-12-20(16)27(21)24(17)18;1-15-12-13-18-23(14-15)28-22-11-5-10-21-24(22)26(18)19-8-4-7-17-16-6-2-3-9-20(16)27(21)25(17)19/h4*2-14H,1H3. The van der Waals surface area contributed by atoms with Gasteiger partial charge in [0.25, 0.3) is 26.9 Å². The second-order valence-electron chi connectivity index (χ2n) is 31.4. The van der Waals surface area contributed by atoms with E-state index < -0.39 is 0 Å². The molecule has 0 amide bonds. The minimum atomic E-state index is 0.204. The highest BCUT2D eigenvalue weighted by Gasteiger charge is 2.45. The van der Waals surface area contributed by atoms with Gasteiger partial charge < -0.3 is 37.2 Å². The largest absolute Gasteiger partial charge is 0.458 e. The Morgan fingerprint density at radius 1 is 0.205 bits per heavy atom. The van der Waals surface area contributed by atoms with Gasteiger partial charge in [0.15, 0.2) is 0 Å². The van der Waals surface area contributed by atoms with Crippen LogP contribution in [0.15, 0.2) is 315 Å². The van der Waals surface area contributed by atoms with Crippen molar-refractivity contribution in [2.45, 2.75) is 27.7 Å². The SMILES string of the molecule is Cc1cc2c3c(c1)-n1c4ccccc4c4cccc(c41)B3c1ccccc1O2.Cc1ccc2c(c1)Oc1cccc3c1B2c1cccc2c4ccccc4n-3c12.Cc1ccc2c3c1Oc1ccccc1B3c1cccc3c4ccccc4n-2c13.Cc1cccc2c1Oc1cccc3c1B2c1cccc2c4ccccc4n-3c12. The van der Waals surface area contributed by atoms with Crippen LogP contribution < -0.4 is 84.5 Å². The van der Waals surface area contributed by atoms with Crippen molar-refractivity contribution < 1.29 is 18.9 Å². The van der Waals surface area contributed by atoms with E-state index in [4.69, 9.17) is 18.9 Å². The van der Waals surface area contributed by atoms with E-state index in [0.717, 1.165) is 46.0 Å². The Hall–Kier alpha value is -13.8. The molecule has 520 valence electrons. The number of rotatable bonds is 0. The summed E-state index contributed by atoms with van der Waals surface area (Å²) in [5.41, 5.74) is 35.7. The lowest BCUT2D eigenvalue weighted by Crippen LogP contribution is -2.58. The molecule has 0 aliphatic carbocycles. The first-order chi connectivity index (χ1) is 55.3. The molecule has 8 aliphatic heterocycles. The van der Waals surface area contributed by atoms with Gasteiger partial charge in [-0.15, -0.1) is 0 Å². The third-order valence-electron chi connectivity index (χ3n) is 25.3. The van der Waals surface area contributed by atoms with E-state index in [2.05, 4.69) is 361 Å². The van der Waals surface area contributed by atoms with Gasteiger partial charge in [0.05, 0.1) is 22.1 Å². The van der Waals surface area contributed by atoms with Gasteiger partial charge in [-0.3, -0.25) is 0 Å². The first kappa shape index (κ1) is 62.1. The van der Waals surface area contributed by atoms with Gasteiger partial charge in [-0.25, -0.2) is 0 Å². The molecule has 112 heavy (non-hydrogen) atoms. The summed E-state index contributed by atoms with van der Waals surface area (Å²) in [7, 11) is 0. The monoisotopic (exact) mass is 1430 g/mol. The predicted octanol–water partition coefficient (Wildman–Crippen LogP) is 16.1. The van der Waals surface area contributed by atoms with E-state index in [-0.39, 0.29) is 26.9 Å². The van der Waals surface area contributed by atoms with E-state index in [1.807, 2.05) is 0 Å². The van der Waals surface area contributed by atoms with Crippen molar-refractivity contribution in [3.63, 3.8) is 0 Å². The van der Waals surface area contributed by atoms with Gasteiger partial charge in [0.2, 0.25) is 0 Å². The molecule has 0 radical (unpaired) electrons. The minimum absolute atomic E-state index is 0.204. The Bertz CT molecular complexity index is 7640. The molecule has 0 N–H and O–H groups in total. The van der Waals surface area contributed by atoms with Crippen LogP contribution in [0.2, 0.25) is 0 Å². The van der Waals surface area contributed by atoms with E-state index in [0.29, 0.717) is 0 Å². The van der Waals surface area contributed by atoms with Crippen molar-refractivity contribution in [1.29, 1.82) is 0 Å². The third-order valence-corrected chi connectivity index (χ3v) is 25.3. The fourth-order valence-corrected chi connectivity index (χ4v) is 20.9. The molecule has 12 heteroatoms. The molecule has 0 fully saturated rings. The summed E-state index contributed by atoms with van der Waals surface area (Å²) in [5.74, 6) is 7.89. The molecule has 8 aliphatic rings. The lowest BCUT2D eigenvalue weighted by atomic mass is 9.34. The second-order valence-corrected chi connectivity index (χ2v) is 31.4. The molecular weight excluding hydrogens is 1360 g/mol. The molecule has 16 aromatic carbocycles. The highest BCUT2D eigenvalue weighted by Crippen LogP contribution is 2.44. The van der Waals surface area contributed by atoms with Gasteiger partial charge in [0, 0.05) is 87.9 Å². The summed E-state index contributed by atoms with van der Waals surface area (Å²) < 4.78 is 35.4. The number of fused-ring (bicyclic) bond motifs is 28. The van der Waals surface area contributed by atoms with Crippen LogP contribution in [-0.2, 0) is 0 Å². The number of para-hydroxylation sites is 11. The summed E-state index contributed by atoms with van der Waals surface area (Å²) in [6.45, 7) is 9.37. The summed E-state index contributed by atoms with van der Waals surface area (Å²) in [6.07, 6.45) is 0. The number of ether oxygens (including phenoxy) is 4. The van der Waals surface area contributed by atoms with Crippen molar-refractivity contribution >= 4 is 180 Å². The zero-order valence-electron chi connectivity index (χ0n) is 61.8. The number of aryl methyl sites for hydroxylation is 4. The second kappa shape index (κ2) is 22.9. The molecule has 0 unspecified atom stereocenters. The predicted molar refractivity (Wildman–Crippen MR) is 467 cm³/mol. The normalized spacial score (nSPS) is 13.4. The molecule has 4 aromatic heterocycles. The van der Waals surface area contributed by atoms with Crippen molar-refractivity contribution in [2.75, 3.05) is 0 Å². The molecule has 8 nitrogen and oxygen atoms in total. The van der Waals surface area contributed by atoms with Gasteiger partial charge in [0.1, 0.15) is 46.0 Å². The van der Waals surface area contributed by atoms with Crippen LogP contribution in [0.1, 0.15) is 22.3 Å². The zero-order valence-corrected chi connectivity index (χ0v) is 61.8. The highest BCUT2D eigenvalue weighted by molar-refractivity contribution is 7.01. The molecule has 0 spiro atoms. The maximum absolute atomic E-state index is 6.44. The van der Waals surface area contributed by atoms with Crippen LogP contribution in [0.4, 0.5) is 0 Å². The van der Waals surface area contributed by atoms with E-state index in [1.165, 1.54) is 198 Å². The first-order valence-corrected chi connectivity index (χ1v) is 39.0. The Morgan fingerprint density at radius 3 is 1.07 bits per heavy atom. The topological polar surface area (TPSA) is 56.6 Å². The maximum atomic E-state index is 6.44. The summed E-state index contributed by atoms with van der Waals surface area (Å²) in [4.78, 5) is 0. The lowest BCUT2D eigenvalue weighted by Gasteiger charge is -2.33. The van der Waals surface area contributed by atoms with Crippen LogP contribution in [0.5, 0.6) is 46.0 Å². The first-order valence-electron chi connectivity index (χ1n) is 39.0. The molecule has 0 saturated carbocycles. The minimum Gasteiger partial charge on any atom is -0.458 e. The van der Waals surface area contributed by atoms with E-state index >= 15 is 0 Å². The molecule has 0 bridgehead atoms. The van der Waals surface area contributed by atoms with Crippen molar-refractivity contribution in [1.82, 2.24) is 18.3 Å². The van der Waals surface area contributed by atoms with Crippen LogP contribution >= 0.6 is 0 Å². The zero-order chi connectivity index (χ0) is 73.6. The Balaban J connectivity index is 0.0000000847. The molecular formula is C100H64B4N4O4. The van der Waals surface area contributed by atoms with Crippen LogP contribution in [0.3, 0.4) is 0 Å². The Kier molecular flexibility index (Phi) is 12.7. The average Bonchev–Trinajstić information content (AvgIpc) is 1.48. The molecule has 0 atom stereocenters. The lowest BCUT2D eigenvalue weighted by molar-refractivity contribution is 0.483. The van der Waals surface area contributed by atoms with Crippen LogP contribution in [0.25, 0.3) is 110 Å². The van der Waals surface area contributed by atoms with Crippen molar-refractivity contribution in [3.8, 4) is 68.7 Å². The molecule has 20 aromatic rings. The maximum Gasteiger partial charge on any atom is 0.256 e. The number of hydrogen-bond acceptors (Lipinski definition) is 4. The smallest absolute Gasteiger partial charge is 0.256 e. The molecule has 12 heterocycles. The number of hydrogen-bond donors (Lipinski definition) is 0. The van der Waals surface area contributed by atoms with Gasteiger partial charge in [-0.1, -0.05) is 231 Å². The molecule has 28 rings (SSSR count). The van der Waals surface area contributed by atoms with Crippen molar-refractivity contribution in [3.05, 3.63) is 338 Å². The summed E-state index contributed by atoms with van der Waals surface area (Å²) in [5, 5.41) is 10.5. The van der Waals surface area contributed by atoms with Gasteiger partial charge >= 0.3 is 0 Å². The van der Waals surface area contributed by atoms with Crippen molar-refractivity contribution in [2.24, 2.45) is 0 Å². The van der Waals surface area contributed by atoms with Gasteiger partial charge in [-0.05, 0) is 200 Å². The fraction of sp³-hybridized carbons (Fsp3) is 0.0400. The number of aromatic nitrogens is 4. The third kappa shape index (κ3) is 8.29. The van der Waals surface area contributed by atoms with E-state index in [9.17, 15) is 0 Å². The van der Waals surface area contributed by atoms with E-state index in [1.54, 1.807) is 0 Å². The highest BCUT2D eigenvalue weighted by atomic mass is 16.5. The van der Waals surface area contributed by atoms with Crippen LogP contribution in [-0.4, -0.2) is 45.1 Å². The Morgan fingerprint density at radius 2 is 0.545 bits per heavy atom.